The molecule has 0 unspecified atom stereocenters. The molecule has 0 fully saturated rings. The summed E-state index contributed by atoms with van der Waals surface area (Å²) in [6, 6.07) is 9.82. The molecule has 0 saturated heterocycles. The lowest BCUT2D eigenvalue weighted by molar-refractivity contribution is -2.00. The highest BCUT2D eigenvalue weighted by atomic mass is 35.7. The Hall–Kier alpha value is -1.64. The van der Waals surface area contributed by atoms with E-state index in [1.807, 2.05) is 41.3 Å². The Bertz CT molecular complexity index is 577. The molecule has 0 bridgehead atoms. The fourth-order valence-electron chi connectivity index (χ4n) is 1.57. The molecule has 7 nitrogen and oxygen atoms in total. The third-order valence-corrected chi connectivity index (χ3v) is 2.59. The molecule has 2 rings (SSSR count). The molecule has 0 N–H and O–H groups in total. The molecule has 0 spiro atoms. The maximum Gasteiger partial charge on any atom is 0.221 e. The predicted molar refractivity (Wildman–Crippen MR) is 65.9 cm³/mol. The summed E-state index contributed by atoms with van der Waals surface area (Å²) < 4.78 is 46.7. The zero-order chi connectivity index (χ0) is 17.0. The molecule has 0 aliphatic carbocycles. The van der Waals surface area contributed by atoms with E-state index in [4.69, 9.17) is 27.9 Å². The van der Waals surface area contributed by atoms with Crippen molar-refractivity contribution in [2.75, 3.05) is 7.11 Å². The monoisotopic (exact) mass is 331 g/mol. The quantitative estimate of drug-likeness (QED) is 0.601. The molecule has 0 amide bonds. The van der Waals surface area contributed by atoms with Crippen LogP contribution in [0.4, 0.5) is 0 Å². The number of halogens is 1. The highest BCUT2D eigenvalue weighted by molar-refractivity contribution is 5.57. The van der Waals surface area contributed by atoms with Gasteiger partial charge in [-0.1, -0.05) is 0 Å². The van der Waals surface area contributed by atoms with Crippen LogP contribution in [0.1, 0.15) is 20.8 Å². The van der Waals surface area contributed by atoms with Crippen LogP contribution in [0.5, 0.6) is 5.75 Å². The number of benzene rings is 1. The van der Waals surface area contributed by atoms with Crippen molar-refractivity contribution in [3.8, 4) is 17.1 Å². The van der Waals surface area contributed by atoms with E-state index >= 15 is 0 Å². The van der Waals surface area contributed by atoms with Crippen molar-refractivity contribution < 1.29 is 42.9 Å². The minimum absolute atomic E-state index is 0.0370. The van der Waals surface area contributed by atoms with Gasteiger partial charge in [0.2, 0.25) is 17.5 Å². The van der Waals surface area contributed by atoms with Crippen LogP contribution >= 0.6 is 0 Å². The largest absolute Gasteiger partial charge is 0.497 e. The summed E-state index contributed by atoms with van der Waals surface area (Å²) in [5, 5.41) is 0. The van der Waals surface area contributed by atoms with Crippen molar-refractivity contribution in [2.24, 2.45) is 0 Å². The molecule has 8 heteroatoms. The third kappa shape index (κ3) is 6.42. The predicted octanol–water partition coefficient (Wildman–Crippen LogP) is -1.76. The van der Waals surface area contributed by atoms with Crippen molar-refractivity contribution in [2.45, 2.75) is 26.3 Å². The smallest absolute Gasteiger partial charge is 0.221 e. The van der Waals surface area contributed by atoms with E-state index in [2.05, 4.69) is 20.8 Å². The van der Waals surface area contributed by atoms with Gasteiger partial charge >= 0.3 is 0 Å². The zero-order valence-corrected chi connectivity index (χ0v) is 13.5. The first-order chi connectivity index (χ1) is 10.0. The molecule has 0 radical (unpaired) electrons. The van der Waals surface area contributed by atoms with Crippen molar-refractivity contribution in [3.63, 3.8) is 0 Å². The van der Waals surface area contributed by atoms with Gasteiger partial charge in [0.05, 0.1) is 13.2 Å². The molecule has 0 aliphatic rings. The fraction of sp³-hybridized carbons (Fsp3) is 0.357. The summed E-state index contributed by atoms with van der Waals surface area (Å²) in [6.07, 6.45) is 1.96. The molecule has 1 heterocycles. The van der Waals surface area contributed by atoms with E-state index in [0.717, 1.165) is 17.1 Å². The molecule has 0 aliphatic heterocycles. The average molecular weight is 332 g/mol. The van der Waals surface area contributed by atoms with Gasteiger partial charge in [-0.05, 0) is 29.0 Å². The highest BCUT2D eigenvalue weighted by Crippen LogP contribution is 2.22. The Morgan fingerprint density at radius 2 is 1.50 bits per heavy atom. The van der Waals surface area contributed by atoms with E-state index in [9.17, 15) is 0 Å². The summed E-state index contributed by atoms with van der Waals surface area (Å²) in [5.41, 5.74) is 1.01. The van der Waals surface area contributed by atoms with Crippen LogP contribution in [0.25, 0.3) is 11.3 Å². The van der Waals surface area contributed by atoms with E-state index in [0.29, 0.717) is 0 Å². The number of nitrogens with zero attached hydrogens (tertiary/aromatic N) is 1. The second-order valence-corrected chi connectivity index (χ2v) is 6.13. The third-order valence-electron chi connectivity index (χ3n) is 2.59. The molecule has 22 heavy (non-hydrogen) atoms. The molecule has 0 atom stereocenters. The van der Waals surface area contributed by atoms with Gasteiger partial charge in [0.15, 0.2) is 0 Å². The molecular formula is C14H18ClNO6. The summed E-state index contributed by atoms with van der Waals surface area (Å²) >= 11 is 0. The topological polar surface area (TPSA) is 118 Å². The van der Waals surface area contributed by atoms with Crippen molar-refractivity contribution in [1.82, 2.24) is 0 Å². The maximum absolute atomic E-state index is 8.49. The number of ether oxygens (including phenoxy) is 1. The minimum atomic E-state index is -4.94. The minimum Gasteiger partial charge on any atom is -0.497 e. The first-order valence-electron chi connectivity index (χ1n) is 6.29. The summed E-state index contributed by atoms with van der Waals surface area (Å²) in [7, 11) is -3.28. The molecule has 2 aromatic rings. The number of methoxy groups -OCH3 is 1. The molecule has 0 saturated carbocycles. The summed E-state index contributed by atoms with van der Waals surface area (Å²) in [5.74, 6) is 1.71. The van der Waals surface area contributed by atoms with Gasteiger partial charge in [-0.3, -0.25) is 0 Å². The molecular weight excluding hydrogens is 314 g/mol. The number of aromatic nitrogens is 1. The van der Waals surface area contributed by atoms with E-state index in [-0.39, 0.29) is 5.54 Å². The second kappa shape index (κ2) is 7.08. The van der Waals surface area contributed by atoms with Gasteiger partial charge in [0.25, 0.3) is 0 Å². The van der Waals surface area contributed by atoms with Crippen molar-refractivity contribution >= 4 is 0 Å². The number of hydrogen-bond acceptors (Lipinski definition) is 6. The van der Waals surface area contributed by atoms with Crippen LogP contribution in [-0.4, -0.2) is 7.11 Å². The molecule has 122 valence electrons. The van der Waals surface area contributed by atoms with E-state index in [1.165, 1.54) is 0 Å². The maximum atomic E-state index is 8.49. The van der Waals surface area contributed by atoms with Crippen LogP contribution in [0.15, 0.2) is 41.1 Å². The normalized spacial score (nSPS) is 11.6. The van der Waals surface area contributed by atoms with Crippen molar-refractivity contribution in [3.05, 3.63) is 36.5 Å². The van der Waals surface area contributed by atoms with Gasteiger partial charge in [-0.2, -0.15) is 0 Å². The SMILES string of the molecule is COc1ccc(-c2cc[n+](C(C)(C)C)o2)cc1.[O-][Cl+3]([O-])([O-])[O-]. The highest BCUT2D eigenvalue weighted by Gasteiger charge is 2.26. The van der Waals surface area contributed by atoms with Gasteiger partial charge in [0.1, 0.15) is 5.75 Å². The Labute approximate surface area is 130 Å². The van der Waals surface area contributed by atoms with Crippen LogP contribution in [-0.2, 0) is 5.54 Å². The first-order valence-corrected chi connectivity index (χ1v) is 7.53. The van der Waals surface area contributed by atoms with Crippen LogP contribution < -0.4 is 28.1 Å². The molecule has 1 aromatic heterocycles. The van der Waals surface area contributed by atoms with Gasteiger partial charge in [-0.25, -0.2) is 23.2 Å². The lowest BCUT2D eigenvalue weighted by atomic mass is 10.1. The summed E-state index contributed by atoms with van der Waals surface area (Å²) in [4.78, 5) is 0. The fourth-order valence-corrected chi connectivity index (χ4v) is 1.57. The standard InChI is InChI=1S/C14H18NO2.ClHO4/c1-14(2,3)15-10-9-13(17-15)11-5-7-12(16-4)8-6-11;2-1(3,4)5/h5-10H,1-4H3;(H,2,3,4,5)/q+1;/p-1. The van der Waals surface area contributed by atoms with Gasteiger partial charge in [-0.15, -0.1) is 10.2 Å². The zero-order valence-electron chi connectivity index (χ0n) is 12.7. The number of hydrogen-bond donors (Lipinski definition) is 0. The second-order valence-electron chi connectivity index (χ2n) is 5.37. The molecule has 1 aromatic carbocycles. The van der Waals surface area contributed by atoms with Crippen LogP contribution in [0.2, 0.25) is 0 Å². The number of rotatable bonds is 2. The van der Waals surface area contributed by atoms with Gasteiger partial charge < -0.3 is 4.74 Å². The Kier molecular flexibility index (Phi) is 5.92. The van der Waals surface area contributed by atoms with Gasteiger partial charge in [0, 0.05) is 26.3 Å². The lowest BCUT2D eigenvalue weighted by Crippen LogP contribution is -2.68. The summed E-state index contributed by atoms with van der Waals surface area (Å²) in [6.45, 7) is 6.32. The van der Waals surface area contributed by atoms with E-state index < -0.39 is 10.2 Å². The Balaban J connectivity index is 0.000000422. The average Bonchev–Trinajstić information content (AvgIpc) is 2.86. The Morgan fingerprint density at radius 1 is 1.00 bits per heavy atom. The van der Waals surface area contributed by atoms with E-state index in [1.54, 1.807) is 7.11 Å². The van der Waals surface area contributed by atoms with Crippen molar-refractivity contribution in [1.29, 1.82) is 0 Å². The Morgan fingerprint density at radius 3 is 1.86 bits per heavy atom. The van der Waals surface area contributed by atoms with Crippen LogP contribution in [0.3, 0.4) is 0 Å². The first kappa shape index (κ1) is 18.4. The van der Waals surface area contributed by atoms with Crippen LogP contribution in [0, 0.1) is 10.2 Å². The lowest BCUT2D eigenvalue weighted by Gasteiger charge is -2.17.